The Morgan fingerprint density at radius 3 is 2.30 bits per heavy atom. The summed E-state index contributed by atoms with van der Waals surface area (Å²) in [6.45, 7) is 12.1. The second kappa shape index (κ2) is 12.8. The molecule has 0 saturated heterocycles. The number of nitrogens with one attached hydrogen (secondary N) is 2. The summed E-state index contributed by atoms with van der Waals surface area (Å²) in [5, 5.41) is 6.43. The normalized spacial score (nSPS) is 11.3. The minimum Gasteiger partial charge on any atom is -0.357 e. The Hall–Kier alpha value is -1.26. The van der Waals surface area contributed by atoms with Gasteiger partial charge in [-0.15, -0.1) is 0 Å². The van der Waals surface area contributed by atoms with Gasteiger partial charge in [-0.1, -0.05) is 19.8 Å². The van der Waals surface area contributed by atoms with Gasteiger partial charge >= 0.3 is 0 Å². The van der Waals surface area contributed by atoms with Gasteiger partial charge in [0.15, 0.2) is 5.96 Å². The van der Waals surface area contributed by atoms with E-state index in [0.717, 1.165) is 38.6 Å². The number of hydrogen-bond acceptors (Lipinski definition) is 2. The average molecular weight is 284 g/mol. The van der Waals surface area contributed by atoms with Crippen molar-refractivity contribution in [3.05, 3.63) is 0 Å². The summed E-state index contributed by atoms with van der Waals surface area (Å²) in [6.07, 6.45) is 4.05. The van der Waals surface area contributed by atoms with Gasteiger partial charge in [0.2, 0.25) is 5.91 Å². The van der Waals surface area contributed by atoms with Crippen LogP contribution in [-0.2, 0) is 4.79 Å². The van der Waals surface area contributed by atoms with Gasteiger partial charge in [0.05, 0.1) is 0 Å². The maximum absolute atomic E-state index is 11.9. The molecular weight excluding hydrogens is 252 g/mol. The number of guanidine groups is 1. The lowest BCUT2D eigenvalue weighted by molar-refractivity contribution is -0.130. The number of hydrogen-bond donors (Lipinski definition) is 2. The summed E-state index contributed by atoms with van der Waals surface area (Å²) in [5.41, 5.74) is 0. The SMILES string of the molecule is CCCCCN=C(NCC)NCCC(=O)N(CC)CC. The molecule has 0 heterocycles. The van der Waals surface area contributed by atoms with E-state index in [-0.39, 0.29) is 5.91 Å². The van der Waals surface area contributed by atoms with Crippen LogP contribution in [0, 0.1) is 0 Å². The summed E-state index contributed by atoms with van der Waals surface area (Å²) < 4.78 is 0. The maximum atomic E-state index is 11.9. The molecule has 0 atom stereocenters. The Morgan fingerprint density at radius 2 is 1.75 bits per heavy atom. The molecule has 0 aromatic carbocycles. The largest absolute Gasteiger partial charge is 0.357 e. The lowest BCUT2D eigenvalue weighted by Crippen LogP contribution is -2.40. The molecule has 0 bridgehead atoms. The molecular formula is C15H32N4O. The number of amides is 1. The molecule has 5 heteroatoms. The number of carbonyl (C=O) groups excluding carboxylic acids is 1. The first-order valence-electron chi connectivity index (χ1n) is 7.99. The molecule has 20 heavy (non-hydrogen) atoms. The van der Waals surface area contributed by atoms with E-state index in [0.29, 0.717) is 13.0 Å². The summed E-state index contributed by atoms with van der Waals surface area (Å²) >= 11 is 0. The van der Waals surface area contributed by atoms with E-state index >= 15 is 0 Å². The Morgan fingerprint density at radius 1 is 1.05 bits per heavy atom. The molecule has 0 aliphatic rings. The minimum absolute atomic E-state index is 0.198. The third-order valence-electron chi connectivity index (χ3n) is 3.12. The van der Waals surface area contributed by atoms with Crippen molar-refractivity contribution in [2.24, 2.45) is 4.99 Å². The van der Waals surface area contributed by atoms with E-state index in [4.69, 9.17) is 0 Å². The van der Waals surface area contributed by atoms with Crippen molar-refractivity contribution >= 4 is 11.9 Å². The van der Waals surface area contributed by atoms with Crippen LogP contribution in [0.4, 0.5) is 0 Å². The highest BCUT2D eigenvalue weighted by atomic mass is 16.2. The van der Waals surface area contributed by atoms with Gasteiger partial charge in [-0.2, -0.15) is 0 Å². The predicted molar refractivity (Wildman–Crippen MR) is 86.1 cm³/mol. The van der Waals surface area contributed by atoms with Crippen LogP contribution in [0.25, 0.3) is 0 Å². The first-order valence-corrected chi connectivity index (χ1v) is 7.99. The molecule has 0 saturated carbocycles. The third kappa shape index (κ3) is 8.77. The van der Waals surface area contributed by atoms with E-state index in [1.807, 2.05) is 25.7 Å². The van der Waals surface area contributed by atoms with Crippen molar-refractivity contribution in [3.8, 4) is 0 Å². The topological polar surface area (TPSA) is 56.7 Å². The fourth-order valence-corrected chi connectivity index (χ4v) is 1.92. The van der Waals surface area contributed by atoms with Gasteiger partial charge in [-0.25, -0.2) is 0 Å². The van der Waals surface area contributed by atoms with Crippen LogP contribution in [0.1, 0.15) is 53.4 Å². The Bertz CT molecular complexity index is 275. The molecule has 118 valence electrons. The van der Waals surface area contributed by atoms with Crippen LogP contribution in [0.3, 0.4) is 0 Å². The van der Waals surface area contributed by atoms with E-state index in [1.54, 1.807) is 0 Å². The van der Waals surface area contributed by atoms with Crippen LogP contribution in [0.5, 0.6) is 0 Å². The molecule has 0 fully saturated rings. The number of rotatable bonds is 10. The fourth-order valence-electron chi connectivity index (χ4n) is 1.92. The summed E-state index contributed by atoms with van der Waals surface area (Å²) in [5.74, 6) is 1.01. The molecule has 0 aliphatic heterocycles. The first-order chi connectivity index (χ1) is 9.69. The minimum atomic E-state index is 0.198. The average Bonchev–Trinajstić information content (AvgIpc) is 2.44. The number of nitrogens with zero attached hydrogens (tertiary/aromatic N) is 2. The summed E-state index contributed by atoms with van der Waals surface area (Å²) in [6, 6.07) is 0. The zero-order chi connectivity index (χ0) is 15.2. The van der Waals surface area contributed by atoms with Crippen molar-refractivity contribution in [2.45, 2.75) is 53.4 Å². The molecule has 0 aromatic heterocycles. The zero-order valence-electron chi connectivity index (χ0n) is 13.7. The van der Waals surface area contributed by atoms with Crippen LogP contribution in [0.2, 0.25) is 0 Å². The number of unbranched alkanes of at least 4 members (excludes halogenated alkanes) is 2. The highest BCUT2D eigenvalue weighted by molar-refractivity contribution is 5.81. The standard InChI is InChI=1S/C15H32N4O/c1-5-9-10-12-17-15(16-6-2)18-13-11-14(20)19(7-3)8-4/h5-13H2,1-4H3,(H2,16,17,18). The van der Waals surface area contributed by atoms with Crippen molar-refractivity contribution in [3.63, 3.8) is 0 Å². The number of aliphatic imine (C=N–C) groups is 1. The van der Waals surface area contributed by atoms with E-state index in [2.05, 4.69) is 22.5 Å². The Labute approximate surface area is 124 Å². The van der Waals surface area contributed by atoms with Crippen LogP contribution >= 0.6 is 0 Å². The van der Waals surface area contributed by atoms with Gasteiger partial charge < -0.3 is 15.5 Å². The molecule has 0 aromatic rings. The zero-order valence-corrected chi connectivity index (χ0v) is 13.7. The Kier molecular flexibility index (Phi) is 12.0. The second-order valence-electron chi connectivity index (χ2n) is 4.71. The van der Waals surface area contributed by atoms with Crippen LogP contribution in [-0.4, -0.2) is 49.5 Å². The van der Waals surface area contributed by atoms with Crippen LogP contribution in [0.15, 0.2) is 4.99 Å². The number of carbonyl (C=O) groups is 1. The maximum Gasteiger partial charge on any atom is 0.224 e. The van der Waals surface area contributed by atoms with Gasteiger partial charge in [0.25, 0.3) is 0 Å². The lowest BCUT2D eigenvalue weighted by Gasteiger charge is -2.19. The van der Waals surface area contributed by atoms with Crippen molar-refractivity contribution in [1.82, 2.24) is 15.5 Å². The predicted octanol–water partition coefficient (Wildman–Crippen LogP) is 1.99. The van der Waals surface area contributed by atoms with Crippen molar-refractivity contribution in [1.29, 1.82) is 0 Å². The fraction of sp³-hybridized carbons (Fsp3) is 0.867. The summed E-state index contributed by atoms with van der Waals surface area (Å²) in [7, 11) is 0. The van der Waals surface area contributed by atoms with E-state index in [9.17, 15) is 4.79 Å². The van der Waals surface area contributed by atoms with E-state index < -0.39 is 0 Å². The van der Waals surface area contributed by atoms with Gasteiger partial charge in [-0.3, -0.25) is 9.79 Å². The molecule has 0 unspecified atom stereocenters. The molecule has 0 rings (SSSR count). The van der Waals surface area contributed by atoms with Crippen molar-refractivity contribution in [2.75, 3.05) is 32.7 Å². The van der Waals surface area contributed by atoms with Gasteiger partial charge in [-0.05, 0) is 27.2 Å². The quantitative estimate of drug-likeness (QED) is 0.366. The highest BCUT2D eigenvalue weighted by Gasteiger charge is 2.08. The third-order valence-corrected chi connectivity index (χ3v) is 3.12. The van der Waals surface area contributed by atoms with Crippen molar-refractivity contribution < 1.29 is 4.79 Å². The van der Waals surface area contributed by atoms with E-state index in [1.165, 1.54) is 12.8 Å². The van der Waals surface area contributed by atoms with Crippen LogP contribution < -0.4 is 10.6 Å². The first kappa shape index (κ1) is 18.7. The molecule has 1 amide bonds. The van der Waals surface area contributed by atoms with Gasteiger partial charge in [0, 0.05) is 39.1 Å². The second-order valence-corrected chi connectivity index (χ2v) is 4.71. The summed E-state index contributed by atoms with van der Waals surface area (Å²) in [4.78, 5) is 18.2. The lowest BCUT2D eigenvalue weighted by atomic mass is 10.2. The molecule has 2 N–H and O–H groups in total. The monoisotopic (exact) mass is 284 g/mol. The van der Waals surface area contributed by atoms with Gasteiger partial charge in [0.1, 0.15) is 0 Å². The molecule has 0 radical (unpaired) electrons. The Balaban J connectivity index is 4.04. The molecule has 0 spiro atoms. The smallest absolute Gasteiger partial charge is 0.224 e. The molecule has 0 aliphatic carbocycles. The highest BCUT2D eigenvalue weighted by Crippen LogP contribution is 1.94. The molecule has 5 nitrogen and oxygen atoms in total.